The lowest BCUT2D eigenvalue weighted by Crippen LogP contribution is -2.19. The molecule has 2 aromatic rings. The first-order valence-electron chi connectivity index (χ1n) is 5.75. The predicted octanol–water partition coefficient (Wildman–Crippen LogP) is 1.08. The lowest BCUT2D eigenvalue weighted by atomic mass is 10.3. The van der Waals surface area contributed by atoms with Crippen molar-refractivity contribution in [2.45, 2.75) is 19.5 Å². The largest absolute Gasteiger partial charge is 0.324 e. The fourth-order valence-corrected chi connectivity index (χ4v) is 1.47. The van der Waals surface area contributed by atoms with Gasteiger partial charge in [-0.25, -0.2) is 14.1 Å². The second-order valence-corrected chi connectivity index (χ2v) is 4.14. The molecule has 0 aliphatic heterocycles. The Kier molecular flexibility index (Phi) is 3.86. The van der Waals surface area contributed by atoms with Crippen molar-refractivity contribution < 1.29 is 9.18 Å². The van der Waals surface area contributed by atoms with Gasteiger partial charge >= 0.3 is 0 Å². The molecule has 1 unspecified atom stereocenters. The third kappa shape index (κ3) is 3.59. The van der Waals surface area contributed by atoms with Crippen LogP contribution in [0.25, 0.3) is 0 Å². The summed E-state index contributed by atoms with van der Waals surface area (Å²) in [5.74, 6) is -0.141. The Morgan fingerprint density at radius 1 is 1.47 bits per heavy atom. The topological polar surface area (TPSA) is 85.8 Å². The lowest BCUT2D eigenvalue weighted by Gasteiger charge is -2.04. The molecule has 1 aromatic heterocycles. The van der Waals surface area contributed by atoms with Crippen molar-refractivity contribution in [2.24, 2.45) is 5.73 Å². The van der Waals surface area contributed by atoms with Gasteiger partial charge in [-0.15, -0.1) is 0 Å². The molecule has 0 saturated heterocycles. The summed E-state index contributed by atoms with van der Waals surface area (Å²) in [5.41, 5.74) is 6.15. The molecule has 2 rings (SSSR count). The van der Waals surface area contributed by atoms with E-state index in [2.05, 4.69) is 15.4 Å². The number of nitrogens with two attached hydrogens (primary N) is 1. The van der Waals surface area contributed by atoms with Gasteiger partial charge in [0.1, 0.15) is 18.7 Å². The molecule has 100 valence electrons. The van der Waals surface area contributed by atoms with Gasteiger partial charge in [0.05, 0.1) is 6.04 Å². The van der Waals surface area contributed by atoms with Crippen LogP contribution < -0.4 is 11.1 Å². The molecule has 1 aromatic carbocycles. The molecule has 1 atom stereocenters. The number of benzene rings is 1. The summed E-state index contributed by atoms with van der Waals surface area (Å²) in [6, 6.07) is 5.25. The first-order valence-corrected chi connectivity index (χ1v) is 5.75. The van der Waals surface area contributed by atoms with Crippen LogP contribution in [0.2, 0.25) is 0 Å². The lowest BCUT2D eigenvalue weighted by molar-refractivity contribution is -0.116. The highest BCUT2D eigenvalue weighted by Gasteiger charge is 2.08. The molecule has 0 aliphatic carbocycles. The first kappa shape index (κ1) is 13.2. The van der Waals surface area contributed by atoms with Crippen LogP contribution in [0.5, 0.6) is 0 Å². The third-order valence-corrected chi connectivity index (χ3v) is 2.40. The van der Waals surface area contributed by atoms with Crippen molar-refractivity contribution in [1.82, 2.24) is 14.8 Å². The zero-order valence-corrected chi connectivity index (χ0v) is 10.4. The van der Waals surface area contributed by atoms with Crippen LogP contribution in [0.4, 0.5) is 10.1 Å². The molecule has 0 fully saturated rings. The van der Waals surface area contributed by atoms with E-state index in [0.29, 0.717) is 11.5 Å². The number of hydrogen-bond acceptors (Lipinski definition) is 4. The zero-order valence-electron chi connectivity index (χ0n) is 10.4. The molecular formula is C12H14FN5O. The van der Waals surface area contributed by atoms with E-state index in [-0.39, 0.29) is 24.3 Å². The monoisotopic (exact) mass is 263 g/mol. The third-order valence-electron chi connectivity index (χ3n) is 2.40. The second-order valence-electron chi connectivity index (χ2n) is 4.14. The van der Waals surface area contributed by atoms with E-state index in [1.165, 1.54) is 35.3 Å². The Morgan fingerprint density at radius 3 is 2.74 bits per heavy atom. The van der Waals surface area contributed by atoms with E-state index in [0.717, 1.165) is 0 Å². The van der Waals surface area contributed by atoms with Gasteiger partial charge in [0.25, 0.3) is 0 Å². The summed E-state index contributed by atoms with van der Waals surface area (Å²) in [6.45, 7) is 1.79. The Bertz CT molecular complexity index is 564. The Hall–Kier alpha value is -2.28. The molecule has 19 heavy (non-hydrogen) atoms. The number of aromatic nitrogens is 3. The Morgan fingerprint density at radius 2 is 2.16 bits per heavy atom. The average molecular weight is 263 g/mol. The molecular weight excluding hydrogens is 249 g/mol. The van der Waals surface area contributed by atoms with Crippen LogP contribution in [-0.4, -0.2) is 20.7 Å². The minimum absolute atomic E-state index is 0.0249. The van der Waals surface area contributed by atoms with Crippen molar-refractivity contribution in [3.8, 4) is 0 Å². The number of rotatable bonds is 4. The van der Waals surface area contributed by atoms with Crippen molar-refractivity contribution >= 4 is 11.6 Å². The molecule has 0 aliphatic rings. The minimum atomic E-state index is -0.351. The molecule has 1 heterocycles. The fraction of sp³-hybridized carbons (Fsp3) is 0.250. The summed E-state index contributed by atoms with van der Waals surface area (Å²) in [5, 5.41) is 6.70. The number of halogens is 1. The highest BCUT2D eigenvalue weighted by atomic mass is 19.1. The Labute approximate surface area is 109 Å². The van der Waals surface area contributed by atoms with Gasteiger partial charge in [-0.1, -0.05) is 0 Å². The van der Waals surface area contributed by atoms with Gasteiger partial charge in [-0.05, 0) is 31.2 Å². The van der Waals surface area contributed by atoms with E-state index in [4.69, 9.17) is 5.73 Å². The van der Waals surface area contributed by atoms with E-state index in [1.54, 1.807) is 6.92 Å². The van der Waals surface area contributed by atoms with Crippen LogP contribution in [0.3, 0.4) is 0 Å². The highest BCUT2D eigenvalue weighted by molar-refractivity contribution is 5.90. The number of hydrogen-bond donors (Lipinski definition) is 2. The quantitative estimate of drug-likeness (QED) is 0.864. The van der Waals surface area contributed by atoms with Crippen molar-refractivity contribution in [3.05, 3.63) is 42.2 Å². The summed E-state index contributed by atoms with van der Waals surface area (Å²) in [7, 11) is 0. The second kappa shape index (κ2) is 5.57. The van der Waals surface area contributed by atoms with Crippen LogP contribution in [0.15, 0.2) is 30.6 Å². The van der Waals surface area contributed by atoms with Gasteiger partial charge in [0.15, 0.2) is 5.82 Å². The van der Waals surface area contributed by atoms with Crippen molar-refractivity contribution in [2.75, 3.05) is 5.32 Å². The molecule has 6 nitrogen and oxygen atoms in total. The summed E-state index contributed by atoms with van der Waals surface area (Å²) >= 11 is 0. The minimum Gasteiger partial charge on any atom is -0.324 e. The van der Waals surface area contributed by atoms with E-state index in [9.17, 15) is 9.18 Å². The summed E-state index contributed by atoms with van der Waals surface area (Å²) < 4.78 is 14.1. The van der Waals surface area contributed by atoms with Gasteiger partial charge < -0.3 is 11.1 Å². The Balaban J connectivity index is 1.95. The number of carbonyl (C=O) groups excluding carboxylic acids is 1. The average Bonchev–Trinajstić information content (AvgIpc) is 2.80. The maximum absolute atomic E-state index is 12.7. The van der Waals surface area contributed by atoms with Gasteiger partial charge in [0.2, 0.25) is 5.91 Å². The predicted molar refractivity (Wildman–Crippen MR) is 67.7 cm³/mol. The van der Waals surface area contributed by atoms with E-state index < -0.39 is 0 Å². The fourth-order valence-electron chi connectivity index (χ4n) is 1.47. The molecule has 1 amide bonds. The molecule has 7 heteroatoms. The molecule has 0 spiro atoms. The summed E-state index contributed by atoms with van der Waals surface area (Å²) in [6.07, 6.45) is 1.45. The van der Waals surface area contributed by atoms with Crippen LogP contribution in [0.1, 0.15) is 18.8 Å². The summed E-state index contributed by atoms with van der Waals surface area (Å²) in [4.78, 5) is 15.7. The van der Waals surface area contributed by atoms with Crippen molar-refractivity contribution in [3.63, 3.8) is 0 Å². The normalized spacial score (nSPS) is 12.2. The molecule has 3 N–H and O–H groups in total. The van der Waals surface area contributed by atoms with Crippen LogP contribution in [0, 0.1) is 5.82 Å². The molecule has 0 saturated carbocycles. The number of anilines is 1. The van der Waals surface area contributed by atoms with Crippen LogP contribution in [-0.2, 0) is 11.3 Å². The molecule has 0 radical (unpaired) electrons. The maximum Gasteiger partial charge on any atom is 0.246 e. The van der Waals surface area contributed by atoms with Crippen LogP contribution >= 0.6 is 0 Å². The number of nitrogens with zero attached hydrogens (tertiary/aromatic N) is 3. The number of carbonyl (C=O) groups is 1. The van der Waals surface area contributed by atoms with Crippen molar-refractivity contribution in [1.29, 1.82) is 0 Å². The SMILES string of the molecule is CC(N)c1ncn(CC(=O)Nc2ccc(F)cc2)n1. The maximum atomic E-state index is 12.7. The first-order chi connectivity index (χ1) is 9.04. The van der Waals surface area contributed by atoms with Gasteiger partial charge in [0, 0.05) is 5.69 Å². The zero-order chi connectivity index (χ0) is 13.8. The van der Waals surface area contributed by atoms with Gasteiger partial charge in [-0.3, -0.25) is 4.79 Å². The van der Waals surface area contributed by atoms with E-state index in [1.807, 2.05) is 0 Å². The number of nitrogens with one attached hydrogen (secondary N) is 1. The highest BCUT2D eigenvalue weighted by Crippen LogP contribution is 2.08. The smallest absolute Gasteiger partial charge is 0.246 e. The van der Waals surface area contributed by atoms with Gasteiger partial charge in [-0.2, -0.15) is 5.10 Å². The molecule has 0 bridgehead atoms. The van der Waals surface area contributed by atoms with E-state index >= 15 is 0 Å². The number of amides is 1. The standard InChI is InChI=1S/C12H14FN5O/c1-8(14)12-15-7-18(17-12)6-11(19)16-10-4-2-9(13)3-5-10/h2-5,7-8H,6,14H2,1H3,(H,16,19).